The largest absolute Gasteiger partial charge is 0.469 e. The maximum atomic E-state index is 11.2. The lowest BCUT2D eigenvalue weighted by Gasteiger charge is -2.37. The first-order valence-corrected chi connectivity index (χ1v) is 9.71. The van der Waals surface area contributed by atoms with Crippen LogP contribution in [0.5, 0.6) is 0 Å². The van der Waals surface area contributed by atoms with Crippen molar-refractivity contribution in [2.45, 2.75) is 57.8 Å². The van der Waals surface area contributed by atoms with Crippen LogP contribution in [0.25, 0.3) is 0 Å². The van der Waals surface area contributed by atoms with E-state index < -0.39 is 8.32 Å². The predicted octanol–water partition coefficient (Wildman–Crippen LogP) is 2.82. The Bertz CT molecular complexity index is 358. The number of ether oxygens (including phenoxy) is 1. The molecule has 1 N–H and O–H groups in total. The van der Waals surface area contributed by atoms with E-state index in [0.29, 0.717) is 13.0 Å². The van der Waals surface area contributed by atoms with Gasteiger partial charge in [0.25, 0.3) is 0 Å². The van der Waals surface area contributed by atoms with E-state index in [1.165, 1.54) is 7.11 Å². The van der Waals surface area contributed by atoms with Gasteiger partial charge in [-0.25, -0.2) is 0 Å². The van der Waals surface area contributed by atoms with Crippen LogP contribution in [-0.2, 0) is 14.0 Å². The zero-order valence-corrected chi connectivity index (χ0v) is 14.0. The van der Waals surface area contributed by atoms with Crippen molar-refractivity contribution in [3.05, 3.63) is 11.8 Å². The first-order chi connectivity index (χ1) is 8.65. The molecule has 1 aliphatic heterocycles. The number of hydrogen-bond donors (Lipinski definition) is 1. The van der Waals surface area contributed by atoms with Crippen LogP contribution < -0.4 is 5.32 Å². The number of carbonyl (C=O) groups is 1. The Hall–Kier alpha value is -0.813. The molecule has 19 heavy (non-hydrogen) atoms. The molecule has 0 aliphatic carbocycles. The number of esters is 1. The molecule has 1 aliphatic rings. The van der Waals surface area contributed by atoms with Crippen LogP contribution in [-0.4, -0.2) is 34.0 Å². The van der Waals surface area contributed by atoms with E-state index in [-0.39, 0.29) is 17.0 Å². The monoisotopic (exact) mass is 285 g/mol. The highest BCUT2D eigenvalue weighted by molar-refractivity contribution is 6.74. The van der Waals surface area contributed by atoms with Gasteiger partial charge in [0.05, 0.1) is 26.2 Å². The van der Waals surface area contributed by atoms with Crippen molar-refractivity contribution in [1.82, 2.24) is 5.32 Å². The summed E-state index contributed by atoms with van der Waals surface area (Å²) in [5.41, 5.74) is 1.09. The standard InChI is InChI=1S/C14H27NO3Si/c1-14(2,3)19(5,6)18-10-12-7-11(9-15-12)8-13(16)17-4/h9,12,15H,7-8,10H2,1-6H3/t12-/m0/s1. The van der Waals surface area contributed by atoms with Crippen molar-refractivity contribution in [3.63, 3.8) is 0 Å². The maximum Gasteiger partial charge on any atom is 0.309 e. The van der Waals surface area contributed by atoms with Crippen molar-refractivity contribution in [2.24, 2.45) is 0 Å². The molecule has 0 fully saturated rings. The lowest BCUT2D eigenvalue weighted by Crippen LogP contribution is -2.43. The topological polar surface area (TPSA) is 47.6 Å². The second kappa shape index (κ2) is 6.09. The quantitative estimate of drug-likeness (QED) is 0.623. The Morgan fingerprint density at radius 3 is 2.63 bits per heavy atom. The van der Waals surface area contributed by atoms with Gasteiger partial charge < -0.3 is 14.5 Å². The summed E-state index contributed by atoms with van der Waals surface area (Å²) >= 11 is 0. The molecule has 0 spiro atoms. The number of hydrogen-bond acceptors (Lipinski definition) is 4. The number of methoxy groups -OCH3 is 1. The molecule has 110 valence electrons. The molecule has 5 heteroatoms. The van der Waals surface area contributed by atoms with Gasteiger partial charge in [-0.3, -0.25) is 4.79 Å². The lowest BCUT2D eigenvalue weighted by atomic mass is 10.1. The Labute approximate surface area is 117 Å². The van der Waals surface area contributed by atoms with Crippen LogP contribution in [0.1, 0.15) is 33.6 Å². The molecule has 0 aromatic heterocycles. The van der Waals surface area contributed by atoms with Gasteiger partial charge in [0.15, 0.2) is 8.32 Å². The SMILES string of the molecule is COC(=O)CC1=CN[C@H](CO[Si](C)(C)C(C)(C)C)C1. The molecule has 0 saturated heterocycles. The van der Waals surface area contributed by atoms with E-state index in [1.807, 2.05) is 6.20 Å². The van der Waals surface area contributed by atoms with E-state index in [0.717, 1.165) is 12.0 Å². The van der Waals surface area contributed by atoms with E-state index in [2.05, 4.69) is 43.9 Å². The number of carbonyl (C=O) groups excluding carboxylic acids is 1. The summed E-state index contributed by atoms with van der Waals surface area (Å²) in [6.07, 6.45) is 3.17. The smallest absolute Gasteiger partial charge is 0.309 e. The fourth-order valence-electron chi connectivity index (χ4n) is 1.68. The predicted molar refractivity (Wildman–Crippen MR) is 79.4 cm³/mol. The molecular formula is C14H27NO3Si. The van der Waals surface area contributed by atoms with Crippen LogP contribution in [0.15, 0.2) is 11.8 Å². The Kier molecular flexibility index (Phi) is 5.21. The zero-order valence-electron chi connectivity index (χ0n) is 13.0. The average molecular weight is 285 g/mol. The van der Waals surface area contributed by atoms with Crippen LogP contribution in [0.2, 0.25) is 18.1 Å². The molecule has 0 aromatic rings. The summed E-state index contributed by atoms with van der Waals surface area (Å²) in [5, 5.41) is 3.52. The number of nitrogens with one attached hydrogen (secondary N) is 1. The van der Waals surface area contributed by atoms with Crippen molar-refractivity contribution < 1.29 is 14.0 Å². The van der Waals surface area contributed by atoms with E-state index in [1.54, 1.807) is 0 Å². The van der Waals surface area contributed by atoms with Crippen LogP contribution >= 0.6 is 0 Å². The van der Waals surface area contributed by atoms with Gasteiger partial charge >= 0.3 is 5.97 Å². The molecule has 1 heterocycles. The van der Waals surface area contributed by atoms with E-state index in [9.17, 15) is 4.79 Å². The molecule has 0 aromatic carbocycles. The summed E-state index contributed by atoms with van der Waals surface area (Å²) in [6, 6.07) is 0.286. The van der Waals surface area contributed by atoms with Crippen LogP contribution in [0.4, 0.5) is 0 Å². The third kappa shape index (κ3) is 4.65. The highest BCUT2D eigenvalue weighted by Crippen LogP contribution is 2.36. The molecule has 0 saturated carbocycles. The summed E-state index contributed by atoms with van der Waals surface area (Å²) in [5.74, 6) is -0.181. The molecule has 1 rings (SSSR count). The van der Waals surface area contributed by atoms with Gasteiger partial charge in [0, 0.05) is 0 Å². The number of rotatable bonds is 5. The van der Waals surface area contributed by atoms with Gasteiger partial charge in [-0.2, -0.15) is 0 Å². The first kappa shape index (κ1) is 16.2. The van der Waals surface area contributed by atoms with Gasteiger partial charge in [0.1, 0.15) is 0 Å². The molecule has 0 amide bonds. The van der Waals surface area contributed by atoms with Crippen molar-refractivity contribution in [2.75, 3.05) is 13.7 Å². The molecule has 0 radical (unpaired) electrons. The molecule has 0 bridgehead atoms. The second-order valence-corrected chi connectivity index (χ2v) is 11.5. The fourth-order valence-corrected chi connectivity index (χ4v) is 2.73. The minimum absolute atomic E-state index is 0.181. The highest BCUT2D eigenvalue weighted by Gasteiger charge is 2.37. The Balaban J connectivity index is 2.37. The van der Waals surface area contributed by atoms with E-state index in [4.69, 9.17) is 4.43 Å². The second-order valence-electron chi connectivity index (χ2n) is 6.69. The van der Waals surface area contributed by atoms with Crippen LogP contribution in [0.3, 0.4) is 0 Å². The third-order valence-corrected chi connectivity index (χ3v) is 8.58. The fraction of sp³-hybridized carbons (Fsp3) is 0.786. The van der Waals surface area contributed by atoms with Crippen molar-refractivity contribution in [1.29, 1.82) is 0 Å². The highest BCUT2D eigenvalue weighted by atomic mass is 28.4. The maximum absolute atomic E-state index is 11.2. The molecule has 0 unspecified atom stereocenters. The van der Waals surface area contributed by atoms with E-state index >= 15 is 0 Å². The minimum Gasteiger partial charge on any atom is -0.469 e. The zero-order chi connectivity index (χ0) is 14.7. The Morgan fingerprint density at radius 2 is 2.11 bits per heavy atom. The lowest BCUT2D eigenvalue weighted by molar-refractivity contribution is -0.139. The average Bonchev–Trinajstić information content (AvgIpc) is 2.72. The first-order valence-electron chi connectivity index (χ1n) is 6.80. The Morgan fingerprint density at radius 1 is 1.47 bits per heavy atom. The van der Waals surface area contributed by atoms with Gasteiger partial charge in [0.2, 0.25) is 0 Å². The summed E-state index contributed by atoms with van der Waals surface area (Å²) in [6.45, 7) is 11.9. The van der Waals surface area contributed by atoms with Gasteiger partial charge in [-0.1, -0.05) is 20.8 Å². The van der Waals surface area contributed by atoms with Crippen LogP contribution in [0, 0.1) is 0 Å². The summed E-state index contributed by atoms with van der Waals surface area (Å²) in [4.78, 5) is 11.2. The summed E-state index contributed by atoms with van der Waals surface area (Å²) in [7, 11) is -0.268. The van der Waals surface area contributed by atoms with Gasteiger partial charge in [-0.15, -0.1) is 0 Å². The van der Waals surface area contributed by atoms with Gasteiger partial charge in [-0.05, 0) is 36.3 Å². The molecule has 4 nitrogen and oxygen atoms in total. The third-order valence-electron chi connectivity index (χ3n) is 4.08. The summed E-state index contributed by atoms with van der Waals surface area (Å²) < 4.78 is 10.9. The van der Waals surface area contributed by atoms with Crippen molar-refractivity contribution >= 4 is 14.3 Å². The normalized spacial score (nSPS) is 19.9. The molecular weight excluding hydrogens is 258 g/mol. The minimum atomic E-state index is -1.69. The van der Waals surface area contributed by atoms with Crippen molar-refractivity contribution in [3.8, 4) is 0 Å². The molecule has 1 atom stereocenters.